The molecule has 1 aliphatic heterocycles. The van der Waals surface area contributed by atoms with Gasteiger partial charge in [-0.15, -0.1) is 0 Å². The quantitative estimate of drug-likeness (QED) is 0.645. The zero-order valence-electron chi connectivity index (χ0n) is 11.6. The van der Waals surface area contributed by atoms with Crippen LogP contribution in [0.4, 0.5) is 16.2 Å². The first-order valence-corrected chi connectivity index (χ1v) is 6.87. The highest BCUT2D eigenvalue weighted by Crippen LogP contribution is 2.21. The van der Waals surface area contributed by atoms with E-state index in [-0.39, 0.29) is 6.54 Å². The maximum Gasteiger partial charge on any atom is 0.334 e. The van der Waals surface area contributed by atoms with E-state index < -0.39 is 18.1 Å². The van der Waals surface area contributed by atoms with Gasteiger partial charge in [0.2, 0.25) is 0 Å². The average molecular weight is 293 g/mol. The molecule has 114 valence electrons. The Morgan fingerprint density at radius 2 is 1.81 bits per heavy atom. The first-order valence-electron chi connectivity index (χ1n) is 6.87. The van der Waals surface area contributed by atoms with Crippen molar-refractivity contribution in [2.75, 3.05) is 29.9 Å². The number of benzene rings is 1. The molecule has 0 saturated carbocycles. The van der Waals surface area contributed by atoms with E-state index in [1.807, 2.05) is 12.1 Å². The van der Waals surface area contributed by atoms with Crippen LogP contribution in [0.15, 0.2) is 24.3 Å². The molecule has 1 aliphatic rings. The van der Waals surface area contributed by atoms with Gasteiger partial charge in [-0.3, -0.25) is 0 Å². The number of aliphatic hydroxyl groups is 1. The zero-order valence-corrected chi connectivity index (χ0v) is 11.6. The molecule has 1 fully saturated rings. The molecule has 1 aromatic carbocycles. The number of nitrogens with one attached hydrogen (secondary N) is 2. The van der Waals surface area contributed by atoms with Crippen molar-refractivity contribution in [3.05, 3.63) is 24.3 Å². The molecule has 0 aromatic heterocycles. The van der Waals surface area contributed by atoms with Crippen LogP contribution in [0, 0.1) is 0 Å². The van der Waals surface area contributed by atoms with Crippen molar-refractivity contribution in [3.8, 4) is 0 Å². The molecular weight excluding hydrogens is 274 g/mol. The van der Waals surface area contributed by atoms with E-state index in [0.29, 0.717) is 5.69 Å². The molecule has 1 atom stereocenters. The number of carboxylic acids is 1. The average Bonchev–Trinajstić information content (AvgIpc) is 2.99. The second kappa shape index (κ2) is 6.94. The third-order valence-corrected chi connectivity index (χ3v) is 3.34. The predicted molar refractivity (Wildman–Crippen MR) is 78.6 cm³/mol. The Morgan fingerprint density at radius 3 is 2.38 bits per heavy atom. The van der Waals surface area contributed by atoms with Crippen molar-refractivity contribution < 1.29 is 19.8 Å². The van der Waals surface area contributed by atoms with Crippen LogP contribution in [0.3, 0.4) is 0 Å². The minimum absolute atomic E-state index is 0.340. The molecule has 4 N–H and O–H groups in total. The van der Waals surface area contributed by atoms with E-state index in [9.17, 15) is 9.59 Å². The third kappa shape index (κ3) is 4.35. The van der Waals surface area contributed by atoms with Crippen LogP contribution < -0.4 is 15.5 Å². The summed E-state index contributed by atoms with van der Waals surface area (Å²) < 4.78 is 0. The van der Waals surface area contributed by atoms with Crippen LogP contribution in [0.5, 0.6) is 0 Å². The monoisotopic (exact) mass is 293 g/mol. The summed E-state index contributed by atoms with van der Waals surface area (Å²) in [6.07, 6.45) is 0.802. The molecule has 0 bridgehead atoms. The Labute approximate surface area is 122 Å². The number of hydrogen-bond acceptors (Lipinski definition) is 4. The second-order valence-electron chi connectivity index (χ2n) is 4.93. The summed E-state index contributed by atoms with van der Waals surface area (Å²) in [4.78, 5) is 24.2. The minimum atomic E-state index is -1.60. The fraction of sp³-hybridized carbons (Fsp3) is 0.429. The summed E-state index contributed by atoms with van der Waals surface area (Å²) in [5.41, 5.74) is 1.74. The maximum absolute atomic E-state index is 11.5. The summed E-state index contributed by atoms with van der Waals surface area (Å²) in [5, 5.41) is 22.4. The van der Waals surface area contributed by atoms with Crippen LogP contribution in [0.25, 0.3) is 0 Å². The number of urea groups is 1. The van der Waals surface area contributed by atoms with Crippen molar-refractivity contribution in [2.45, 2.75) is 18.9 Å². The molecule has 1 saturated heterocycles. The number of rotatable bonds is 5. The van der Waals surface area contributed by atoms with Gasteiger partial charge in [-0.05, 0) is 37.1 Å². The number of nitrogens with zero attached hydrogens (tertiary/aromatic N) is 1. The largest absolute Gasteiger partial charge is 0.479 e. The minimum Gasteiger partial charge on any atom is -0.479 e. The lowest BCUT2D eigenvalue weighted by molar-refractivity contribution is -0.146. The first kappa shape index (κ1) is 15.1. The summed E-state index contributed by atoms with van der Waals surface area (Å²) in [6.45, 7) is 1.77. The van der Waals surface area contributed by atoms with E-state index >= 15 is 0 Å². The summed E-state index contributed by atoms with van der Waals surface area (Å²) >= 11 is 0. The van der Waals surface area contributed by atoms with Gasteiger partial charge in [-0.1, -0.05) is 0 Å². The molecule has 2 rings (SSSR count). The number of carbonyl (C=O) groups is 2. The van der Waals surface area contributed by atoms with Gasteiger partial charge in [-0.2, -0.15) is 0 Å². The Balaban J connectivity index is 1.82. The van der Waals surface area contributed by atoms with Gasteiger partial charge in [0.05, 0.1) is 6.54 Å². The molecule has 0 spiro atoms. The van der Waals surface area contributed by atoms with Gasteiger partial charge >= 0.3 is 12.0 Å². The number of carbonyl (C=O) groups excluding carboxylic acids is 1. The first-order chi connectivity index (χ1) is 10.1. The Morgan fingerprint density at radius 1 is 1.19 bits per heavy atom. The maximum atomic E-state index is 11.5. The highest BCUT2D eigenvalue weighted by molar-refractivity contribution is 5.89. The normalized spacial score (nSPS) is 15.6. The van der Waals surface area contributed by atoms with Crippen molar-refractivity contribution in [1.29, 1.82) is 0 Å². The standard InChI is InChI=1S/C14H19N3O4/c18-12(13(19)20)9-15-14(21)16-10-3-5-11(6-4-10)17-7-1-2-8-17/h3-6,12,18H,1-2,7-9H2,(H,19,20)(H2,15,16,21). The van der Waals surface area contributed by atoms with Gasteiger partial charge in [-0.25, -0.2) is 9.59 Å². The van der Waals surface area contributed by atoms with Crippen LogP contribution >= 0.6 is 0 Å². The molecular formula is C14H19N3O4. The lowest BCUT2D eigenvalue weighted by atomic mass is 10.2. The molecule has 7 heteroatoms. The molecule has 7 nitrogen and oxygen atoms in total. The summed E-state index contributed by atoms with van der Waals surface area (Å²) in [7, 11) is 0. The number of aliphatic carboxylic acids is 1. The van der Waals surface area contributed by atoms with Gasteiger partial charge in [0.25, 0.3) is 0 Å². The molecule has 1 unspecified atom stereocenters. The highest BCUT2D eigenvalue weighted by Gasteiger charge is 2.14. The second-order valence-corrected chi connectivity index (χ2v) is 4.93. The lowest BCUT2D eigenvalue weighted by Gasteiger charge is -2.17. The fourth-order valence-corrected chi connectivity index (χ4v) is 2.18. The number of anilines is 2. The van der Waals surface area contributed by atoms with E-state index in [1.54, 1.807) is 12.1 Å². The van der Waals surface area contributed by atoms with E-state index in [1.165, 1.54) is 12.8 Å². The predicted octanol–water partition coefficient (Wildman–Crippen LogP) is 0.854. The highest BCUT2D eigenvalue weighted by atomic mass is 16.4. The van der Waals surface area contributed by atoms with E-state index in [4.69, 9.17) is 10.2 Å². The van der Waals surface area contributed by atoms with Crippen molar-refractivity contribution in [3.63, 3.8) is 0 Å². The SMILES string of the molecule is O=C(NCC(O)C(=O)O)Nc1ccc(N2CCCC2)cc1. The molecule has 0 aliphatic carbocycles. The van der Waals surface area contributed by atoms with Crippen molar-refractivity contribution >= 4 is 23.4 Å². The summed E-state index contributed by atoms with van der Waals surface area (Å²) in [5.74, 6) is -1.37. The van der Waals surface area contributed by atoms with E-state index in [2.05, 4.69) is 15.5 Å². The number of carboxylic acid groups (broad SMARTS) is 1. The van der Waals surface area contributed by atoms with Gasteiger partial charge in [0, 0.05) is 24.5 Å². The Bertz CT molecular complexity index is 497. The van der Waals surface area contributed by atoms with Crippen LogP contribution in [0.1, 0.15) is 12.8 Å². The summed E-state index contributed by atoms with van der Waals surface area (Å²) in [6, 6.07) is 6.91. The smallest absolute Gasteiger partial charge is 0.334 e. The van der Waals surface area contributed by atoms with Gasteiger partial charge < -0.3 is 25.7 Å². The molecule has 1 heterocycles. The Kier molecular flexibility index (Phi) is 4.99. The molecule has 0 radical (unpaired) electrons. The fourth-order valence-electron chi connectivity index (χ4n) is 2.18. The van der Waals surface area contributed by atoms with Crippen LogP contribution in [0.2, 0.25) is 0 Å². The molecule has 1 aromatic rings. The number of aliphatic hydroxyl groups excluding tert-OH is 1. The number of amides is 2. The third-order valence-electron chi connectivity index (χ3n) is 3.34. The number of hydrogen-bond donors (Lipinski definition) is 4. The van der Waals surface area contributed by atoms with Crippen LogP contribution in [-0.4, -0.2) is 48.0 Å². The Hall–Kier alpha value is -2.28. The van der Waals surface area contributed by atoms with Gasteiger partial charge in [0.1, 0.15) is 0 Å². The van der Waals surface area contributed by atoms with Crippen molar-refractivity contribution in [2.24, 2.45) is 0 Å². The molecule has 21 heavy (non-hydrogen) atoms. The van der Waals surface area contributed by atoms with E-state index in [0.717, 1.165) is 18.8 Å². The zero-order chi connectivity index (χ0) is 15.2. The van der Waals surface area contributed by atoms with Gasteiger partial charge in [0.15, 0.2) is 6.10 Å². The molecule has 2 amide bonds. The van der Waals surface area contributed by atoms with Crippen molar-refractivity contribution in [1.82, 2.24) is 5.32 Å². The topological polar surface area (TPSA) is 102 Å². The lowest BCUT2D eigenvalue weighted by Crippen LogP contribution is -2.38. The van der Waals surface area contributed by atoms with Crippen LogP contribution in [-0.2, 0) is 4.79 Å².